The third-order valence-corrected chi connectivity index (χ3v) is 3.64. The Kier molecular flexibility index (Phi) is 7.25. The molecule has 0 heterocycles. The fourth-order valence-corrected chi connectivity index (χ4v) is 2.40. The highest BCUT2D eigenvalue weighted by molar-refractivity contribution is 6.63. The number of aliphatic imine (C=N–C) groups is 1. The number of nitrogens with zero attached hydrogens (tertiary/aromatic N) is 1. The highest BCUT2D eigenvalue weighted by Gasteiger charge is 2.25. The number of carbonyl (C=O) groups excluding carboxylic acids is 3. The first-order valence-corrected chi connectivity index (χ1v) is 8.68. The lowest BCUT2D eigenvalue weighted by atomic mass is 10.0. The lowest BCUT2D eigenvalue weighted by molar-refractivity contribution is -0.140. The van der Waals surface area contributed by atoms with Gasteiger partial charge in [0.25, 0.3) is 0 Å². The normalized spacial score (nSPS) is 10.0. The summed E-state index contributed by atoms with van der Waals surface area (Å²) in [5.74, 6) is -2.20. The molecule has 2 aromatic carbocycles. The minimum Gasteiger partial charge on any atom is -0.461 e. The van der Waals surface area contributed by atoms with Crippen molar-refractivity contribution in [2.24, 2.45) is 4.99 Å². The molecule has 0 atom stereocenters. The van der Waals surface area contributed by atoms with Crippen LogP contribution in [0.2, 0.25) is 5.02 Å². The van der Waals surface area contributed by atoms with E-state index in [4.69, 9.17) is 21.1 Å². The minimum atomic E-state index is -0.927. The predicted octanol–water partition coefficient (Wildman–Crippen LogP) is 3.77. The van der Waals surface area contributed by atoms with Gasteiger partial charge in [0, 0.05) is 16.1 Å². The van der Waals surface area contributed by atoms with Gasteiger partial charge in [-0.2, -0.15) is 0 Å². The number of ether oxygens (including phenoxy) is 2. The largest absolute Gasteiger partial charge is 0.461 e. The van der Waals surface area contributed by atoms with Gasteiger partial charge in [0.15, 0.2) is 5.78 Å². The summed E-state index contributed by atoms with van der Waals surface area (Å²) in [6.07, 6.45) is 0. The number of hydrogen-bond donors (Lipinski definition) is 0. The molecular weight excluding hydrogens is 370 g/mol. The Morgan fingerprint density at radius 3 is 2.07 bits per heavy atom. The zero-order chi connectivity index (χ0) is 19.8. The van der Waals surface area contributed by atoms with Crippen LogP contribution < -0.4 is 0 Å². The Morgan fingerprint density at radius 2 is 1.52 bits per heavy atom. The number of halogens is 1. The van der Waals surface area contributed by atoms with E-state index in [2.05, 4.69) is 4.99 Å². The summed E-state index contributed by atoms with van der Waals surface area (Å²) in [5, 5.41) is 0.321. The molecule has 2 rings (SSSR count). The SMILES string of the molecule is CCOC(=O)C(=Nc1ccc(Cl)cc1C(=O)c1ccccc1)C(=O)OCC. The van der Waals surface area contributed by atoms with Crippen LogP contribution >= 0.6 is 11.6 Å². The van der Waals surface area contributed by atoms with Crippen molar-refractivity contribution in [3.05, 3.63) is 64.7 Å². The second-order valence-electron chi connectivity index (χ2n) is 5.26. The molecule has 0 bridgehead atoms. The van der Waals surface area contributed by atoms with Crippen molar-refractivity contribution in [3.63, 3.8) is 0 Å². The van der Waals surface area contributed by atoms with Gasteiger partial charge < -0.3 is 9.47 Å². The number of ketones is 1. The molecule has 0 radical (unpaired) electrons. The van der Waals surface area contributed by atoms with Gasteiger partial charge in [-0.1, -0.05) is 41.9 Å². The fourth-order valence-electron chi connectivity index (χ4n) is 2.23. The molecule has 140 valence electrons. The van der Waals surface area contributed by atoms with Gasteiger partial charge in [-0.15, -0.1) is 0 Å². The molecule has 0 N–H and O–H groups in total. The molecule has 0 saturated carbocycles. The standard InChI is InChI=1S/C20H18ClNO5/c1-3-26-19(24)17(20(25)27-4-2)22-16-11-10-14(21)12-15(16)18(23)13-8-6-5-7-9-13/h5-12H,3-4H2,1-2H3. The van der Waals surface area contributed by atoms with E-state index in [1.54, 1.807) is 44.2 Å². The Morgan fingerprint density at radius 1 is 0.926 bits per heavy atom. The average Bonchev–Trinajstić information content (AvgIpc) is 2.67. The maximum Gasteiger partial charge on any atom is 0.364 e. The molecular formula is C20H18ClNO5. The molecule has 2 aromatic rings. The van der Waals surface area contributed by atoms with Gasteiger partial charge in [0.05, 0.1) is 18.9 Å². The van der Waals surface area contributed by atoms with Crippen molar-refractivity contribution in [1.29, 1.82) is 0 Å². The fraction of sp³-hybridized carbons (Fsp3) is 0.200. The molecule has 0 saturated heterocycles. The second-order valence-corrected chi connectivity index (χ2v) is 5.69. The maximum atomic E-state index is 12.8. The maximum absolute atomic E-state index is 12.8. The van der Waals surface area contributed by atoms with Crippen LogP contribution in [0.15, 0.2) is 53.5 Å². The topological polar surface area (TPSA) is 82.0 Å². The van der Waals surface area contributed by atoms with Crippen molar-refractivity contribution >= 4 is 40.7 Å². The van der Waals surface area contributed by atoms with E-state index in [0.29, 0.717) is 10.6 Å². The van der Waals surface area contributed by atoms with E-state index < -0.39 is 17.7 Å². The van der Waals surface area contributed by atoms with E-state index in [9.17, 15) is 14.4 Å². The van der Waals surface area contributed by atoms with Crippen molar-refractivity contribution < 1.29 is 23.9 Å². The molecule has 6 nitrogen and oxygen atoms in total. The Balaban J connectivity index is 2.55. The highest BCUT2D eigenvalue weighted by atomic mass is 35.5. The van der Waals surface area contributed by atoms with Crippen molar-refractivity contribution in [2.75, 3.05) is 13.2 Å². The number of hydrogen-bond acceptors (Lipinski definition) is 6. The summed E-state index contributed by atoms with van der Waals surface area (Å²) < 4.78 is 9.74. The van der Waals surface area contributed by atoms with E-state index in [0.717, 1.165) is 0 Å². The summed E-state index contributed by atoms with van der Waals surface area (Å²) in [5.41, 5.74) is 0.150. The predicted molar refractivity (Wildman–Crippen MR) is 102 cm³/mol. The smallest absolute Gasteiger partial charge is 0.364 e. The Labute approximate surface area is 161 Å². The van der Waals surface area contributed by atoms with Crippen LogP contribution in [0.1, 0.15) is 29.8 Å². The molecule has 0 spiro atoms. The molecule has 0 aromatic heterocycles. The van der Waals surface area contributed by atoms with Crippen molar-refractivity contribution in [1.82, 2.24) is 0 Å². The lowest BCUT2D eigenvalue weighted by Gasteiger charge is -2.09. The summed E-state index contributed by atoms with van der Waals surface area (Å²) in [6.45, 7) is 3.34. The minimum absolute atomic E-state index is 0.0632. The van der Waals surface area contributed by atoms with Crippen LogP contribution in [0.4, 0.5) is 5.69 Å². The van der Waals surface area contributed by atoms with Crippen LogP contribution in [-0.4, -0.2) is 36.6 Å². The third-order valence-electron chi connectivity index (χ3n) is 3.41. The first-order chi connectivity index (χ1) is 13.0. The van der Waals surface area contributed by atoms with Crippen LogP contribution in [0.5, 0.6) is 0 Å². The van der Waals surface area contributed by atoms with Crippen LogP contribution in [-0.2, 0) is 19.1 Å². The van der Waals surface area contributed by atoms with Gasteiger partial charge in [0.1, 0.15) is 0 Å². The molecule has 0 fully saturated rings. The van der Waals surface area contributed by atoms with Gasteiger partial charge in [-0.3, -0.25) is 4.79 Å². The van der Waals surface area contributed by atoms with Gasteiger partial charge in [-0.25, -0.2) is 14.6 Å². The second kappa shape index (κ2) is 9.64. The van der Waals surface area contributed by atoms with Gasteiger partial charge in [0.2, 0.25) is 5.71 Å². The third kappa shape index (κ3) is 5.24. The van der Waals surface area contributed by atoms with E-state index in [1.165, 1.54) is 18.2 Å². The van der Waals surface area contributed by atoms with E-state index >= 15 is 0 Å². The van der Waals surface area contributed by atoms with Gasteiger partial charge >= 0.3 is 11.9 Å². The zero-order valence-corrected chi connectivity index (χ0v) is 15.7. The summed E-state index contributed by atoms with van der Waals surface area (Å²) >= 11 is 6.03. The molecule has 0 aliphatic heterocycles. The van der Waals surface area contributed by atoms with E-state index in [1.807, 2.05) is 0 Å². The highest BCUT2D eigenvalue weighted by Crippen LogP contribution is 2.26. The number of carbonyl (C=O) groups is 3. The van der Waals surface area contributed by atoms with Crippen LogP contribution in [0.3, 0.4) is 0 Å². The first-order valence-electron chi connectivity index (χ1n) is 8.30. The van der Waals surface area contributed by atoms with Crippen LogP contribution in [0, 0.1) is 0 Å². The molecule has 0 amide bonds. The molecule has 0 aliphatic carbocycles. The Hall–Kier alpha value is -2.99. The summed E-state index contributed by atoms with van der Waals surface area (Å²) in [7, 11) is 0. The lowest BCUT2D eigenvalue weighted by Crippen LogP contribution is -2.28. The molecule has 0 aliphatic rings. The number of esters is 2. The van der Waals surface area contributed by atoms with E-state index in [-0.39, 0.29) is 30.2 Å². The Bertz CT molecular complexity index is 857. The first kappa shape index (κ1) is 20.3. The monoisotopic (exact) mass is 387 g/mol. The zero-order valence-electron chi connectivity index (χ0n) is 14.9. The molecule has 27 heavy (non-hydrogen) atoms. The molecule has 7 heteroatoms. The summed E-state index contributed by atoms with van der Waals surface area (Å²) in [6, 6.07) is 12.9. The summed E-state index contributed by atoms with van der Waals surface area (Å²) in [4.78, 5) is 41.1. The van der Waals surface area contributed by atoms with Crippen LogP contribution in [0.25, 0.3) is 0 Å². The van der Waals surface area contributed by atoms with Crippen molar-refractivity contribution in [3.8, 4) is 0 Å². The number of benzene rings is 2. The van der Waals surface area contributed by atoms with Crippen molar-refractivity contribution in [2.45, 2.75) is 13.8 Å². The number of rotatable bonds is 7. The molecule has 0 unspecified atom stereocenters. The van der Waals surface area contributed by atoms with Gasteiger partial charge in [-0.05, 0) is 32.0 Å². The average molecular weight is 388 g/mol. The quantitative estimate of drug-likeness (QED) is 0.312.